The van der Waals surface area contributed by atoms with Crippen molar-refractivity contribution in [1.82, 2.24) is 9.71 Å². The van der Waals surface area contributed by atoms with Crippen LogP contribution < -0.4 is 10.0 Å². The van der Waals surface area contributed by atoms with Crippen molar-refractivity contribution < 1.29 is 12.8 Å². The number of hydrogen-bond donors (Lipinski definition) is 2. The second kappa shape index (κ2) is 7.80. The number of rotatable bonds is 7. The van der Waals surface area contributed by atoms with Gasteiger partial charge >= 0.3 is 0 Å². The van der Waals surface area contributed by atoms with E-state index in [1.54, 1.807) is 17.4 Å². The molecular formula is C17H22FN3O2S2. The third-order valence-corrected chi connectivity index (χ3v) is 5.92. The lowest BCUT2D eigenvalue weighted by Crippen LogP contribution is -2.23. The van der Waals surface area contributed by atoms with E-state index in [0.29, 0.717) is 6.54 Å². The number of aryl methyl sites for hydroxylation is 2. The summed E-state index contributed by atoms with van der Waals surface area (Å²) in [6.45, 7) is 1.18. The fourth-order valence-electron chi connectivity index (χ4n) is 2.94. The van der Waals surface area contributed by atoms with Crippen LogP contribution >= 0.6 is 11.3 Å². The van der Waals surface area contributed by atoms with Crippen LogP contribution in [0.4, 0.5) is 9.52 Å². The Morgan fingerprint density at radius 2 is 2.04 bits per heavy atom. The standard InChI is InChI=1S/C17H22FN3O2S2/c1-25(22,23)20-10-3-2-9-19-17-21-16-14-11-13(18)8-7-12(14)5-4-6-15(16)24-17/h7-8,11,20H,2-6,9-10H2,1H3,(H,19,21). The Bertz CT molecular complexity index is 850. The van der Waals surface area contributed by atoms with Crippen molar-refractivity contribution in [3.8, 4) is 11.3 Å². The van der Waals surface area contributed by atoms with Gasteiger partial charge in [0, 0.05) is 23.5 Å². The fraction of sp³-hybridized carbons (Fsp3) is 0.471. The van der Waals surface area contributed by atoms with Crippen molar-refractivity contribution in [2.45, 2.75) is 32.1 Å². The van der Waals surface area contributed by atoms with E-state index in [1.807, 2.05) is 6.07 Å². The summed E-state index contributed by atoms with van der Waals surface area (Å²) < 4.78 is 38.1. The highest BCUT2D eigenvalue weighted by Crippen LogP contribution is 2.37. The molecule has 1 aromatic carbocycles. The lowest BCUT2D eigenvalue weighted by molar-refractivity contribution is 0.584. The summed E-state index contributed by atoms with van der Waals surface area (Å²) in [5.41, 5.74) is 2.97. The lowest BCUT2D eigenvalue weighted by Gasteiger charge is -2.05. The molecular weight excluding hydrogens is 361 g/mol. The maximum Gasteiger partial charge on any atom is 0.208 e. The first-order chi connectivity index (χ1) is 11.9. The molecule has 1 aromatic heterocycles. The number of thiazole rings is 1. The Labute approximate surface area is 151 Å². The summed E-state index contributed by atoms with van der Waals surface area (Å²) in [5, 5.41) is 4.15. The molecule has 8 heteroatoms. The molecule has 0 atom stereocenters. The molecule has 0 saturated carbocycles. The Kier molecular flexibility index (Phi) is 5.71. The highest BCUT2D eigenvalue weighted by Gasteiger charge is 2.19. The van der Waals surface area contributed by atoms with Gasteiger partial charge in [0.1, 0.15) is 5.82 Å². The minimum absolute atomic E-state index is 0.229. The maximum absolute atomic E-state index is 13.6. The second-order valence-electron chi connectivity index (χ2n) is 6.25. The SMILES string of the molecule is CS(=O)(=O)NCCCCNc1nc2c(s1)CCCc1ccc(F)cc1-2. The largest absolute Gasteiger partial charge is 0.361 e. The Morgan fingerprint density at radius 3 is 2.84 bits per heavy atom. The number of nitrogens with one attached hydrogen (secondary N) is 2. The third-order valence-electron chi connectivity index (χ3n) is 4.12. The highest BCUT2D eigenvalue weighted by atomic mass is 32.2. The number of sulfonamides is 1. The topological polar surface area (TPSA) is 71.1 Å². The molecule has 0 fully saturated rings. The van der Waals surface area contributed by atoms with Gasteiger partial charge in [-0.25, -0.2) is 22.5 Å². The smallest absolute Gasteiger partial charge is 0.208 e. The minimum Gasteiger partial charge on any atom is -0.361 e. The molecule has 136 valence electrons. The van der Waals surface area contributed by atoms with Crippen LogP contribution in [0, 0.1) is 5.82 Å². The van der Waals surface area contributed by atoms with E-state index >= 15 is 0 Å². The van der Waals surface area contributed by atoms with Crippen molar-refractivity contribution in [2.75, 3.05) is 24.7 Å². The summed E-state index contributed by atoms with van der Waals surface area (Å²) in [6, 6.07) is 4.96. The van der Waals surface area contributed by atoms with Crippen LogP contribution in [0.15, 0.2) is 18.2 Å². The van der Waals surface area contributed by atoms with E-state index in [0.717, 1.165) is 66.9 Å². The Balaban J connectivity index is 1.60. The summed E-state index contributed by atoms with van der Waals surface area (Å²) >= 11 is 1.63. The predicted octanol–water partition coefficient (Wildman–Crippen LogP) is 3.18. The number of aromatic nitrogens is 1. The van der Waals surface area contributed by atoms with Gasteiger partial charge < -0.3 is 5.32 Å². The van der Waals surface area contributed by atoms with Gasteiger partial charge in [-0.15, -0.1) is 11.3 Å². The summed E-state index contributed by atoms with van der Waals surface area (Å²) in [5.74, 6) is -0.229. The normalized spacial score (nSPS) is 13.8. The quantitative estimate of drug-likeness (QED) is 0.721. The van der Waals surface area contributed by atoms with E-state index in [2.05, 4.69) is 15.0 Å². The first kappa shape index (κ1) is 18.3. The average molecular weight is 384 g/mol. The fourth-order valence-corrected chi connectivity index (χ4v) is 4.49. The van der Waals surface area contributed by atoms with E-state index in [-0.39, 0.29) is 5.82 Å². The number of nitrogens with zero attached hydrogens (tertiary/aromatic N) is 1. The number of halogens is 1. The van der Waals surface area contributed by atoms with Crippen molar-refractivity contribution in [3.05, 3.63) is 34.5 Å². The van der Waals surface area contributed by atoms with Gasteiger partial charge in [-0.2, -0.15) is 0 Å². The average Bonchev–Trinajstić information content (AvgIpc) is 2.86. The van der Waals surface area contributed by atoms with Crippen LogP contribution in [0.1, 0.15) is 29.7 Å². The third kappa shape index (κ3) is 4.99. The molecule has 0 bridgehead atoms. The van der Waals surface area contributed by atoms with Crippen molar-refractivity contribution in [1.29, 1.82) is 0 Å². The summed E-state index contributed by atoms with van der Waals surface area (Å²) in [4.78, 5) is 5.88. The first-order valence-corrected chi connectivity index (χ1v) is 11.1. The first-order valence-electron chi connectivity index (χ1n) is 8.39. The Hall–Kier alpha value is -1.51. The summed E-state index contributed by atoms with van der Waals surface area (Å²) in [6.07, 6.45) is 5.73. The molecule has 1 aliphatic carbocycles. The zero-order valence-corrected chi connectivity index (χ0v) is 15.8. The molecule has 0 unspecified atom stereocenters. The number of hydrogen-bond acceptors (Lipinski definition) is 5. The molecule has 0 amide bonds. The van der Waals surface area contributed by atoms with Gasteiger partial charge in [-0.1, -0.05) is 6.07 Å². The van der Waals surface area contributed by atoms with Crippen molar-refractivity contribution in [3.63, 3.8) is 0 Å². The number of fused-ring (bicyclic) bond motifs is 3. The molecule has 0 radical (unpaired) electrons. The van der Waals surface area contributed by atoms with Crippen molar-refractivity contribution in [2.24, 2.45) is 0 Å². The highest BCUT2D eigenvalue weighted by molar-refractivity contribution is 7.88. The zero-order valence-electron chi connectivity index (χ0n) is 14.1. The van der Waals surface area contributed by atoms with Gasteiger partial charge in [-0.05, 0) is 49.8 Å². The number of benzene rings is 1. The molecule has 2 aromatic rings. The van der Waals surface area contributed by atoms with E-state index in [9.17, 15) is 12.8 Å². The molecule has 5 nitrogen and oxygen atoms in total. The van der Waals surface area contributed by atoms with Gasteiger partial charge in [0.15, 0.2) is 5.13 Å². The van der Waals surface area contributed by atoms with Gasteiger partial charge in [-0.3, -0.25) is 0 Å². The second-order valence-corrected chi connectivity index (χ2v) is 9.16. The summed E-state index contributed by atoms with van der Waals surface area (Å²) in [7, 11) is -3.11. The van der Waals surface area contributed by atoms with Crippen LogP contribution in [-0.2, 0) is 22.9 Å². The monoisotopic (exact) mass is 383 g/mol. The molecule has 1 heterocycles. The predicted molar refractivity (Wildman–Crippen MR) is 100 cm³/mol. The minimum atomic E-state index is -3.11. The maximum atomic E-state index is 13.6. The van der Waals surface area contributed by atoms with E-state index in [4.69, 9.17) is 0 Å². The van der Waals surface area contributed by atoms with Crippen LogP contribution in [0.25, 0.3) is 11.3 Å². The molecule has 0 spiro atoms. The molecule has 0 aliphatic heterocycles. The van der Waals surface area contributed by atoms with Gasteiger partial charge in [0.25, 0.3) is 0 Å². The van der Waals surface area contributed by atoms with Gasteiger partial charge in [0.05, 0.1) is 11.9 Å². The van der Waals surface area contributed by atoms with E-state index in [1.165, 1.54) is 10.9 Å². The molecule has 3 rings (SSSR count). The van der Waals surface area contributed by atoms with Crippen molar-refractivity contribution >= 4 is 26.5 Å². The van der Waals surface area contributed by atoms with Crippen LogP contribution in [0.2, 0.25) is 0 Å². The molecule has 2 N–H and O–H groups in total. The number of anilines is 1. The Morgan fingerprint density at radius 1 is 1.24 bits per heavy atom. The van der Waals surface area contributed by atoms with Crippen LogP contribution in [0.3, 0.4) is 0 Å². The zero-order chi connectivity index (χ0) is 17.9. The molecule has 1 aliphatic rings. The molecule has 0 saturated heterocycles. The number of unbranched alkanes of at least 4 members (excludes halogenated alkanes) is 1. The van der Waals surface area contributed by atoms with E-state index < -0.39 is 10.0 Å². The van der Waals surface area contributed by atoms with Crippen LogP contribution in [-0.4, -0.2) is 32.7 Å². The lowest BCUT2D eigenvalue weighted by atomic mass is 10.0. The van der Waals surface area contributed by atoms with Gasteiger partial charge in [0.2, 0.25) is 10.0 Å². The van der Waals surface area contributed by atoms with Crippen LogP contribution in [0.5, 0.6) is 0 Å². The molecule has 25 heavy (non-hydrogen) atoms.